The fraction of sp³-hybridized carbons (Fsp3) is 0. The Kier molecular flexibility index (Phi) is 3.46. The van der Waals surface area contributed by atoms with E-state index in [2.05, 4.69) is 10.3 Å². The summed E-state index contributed by atoms with van der Waals surface area (Å²) in [5.41, 5.74) is -0.366. The third-order valence-electron chi connectivity index (χ3n) is 2.32. The largest absolute Gasteiger partial charge is 0.320 e. The van der Waals surface area contributed by atoms with Crippen molar-refractivity contribution < 1.29 is 14.1 Å². The summed E-state index contributed by atoms with van der Waals surface area (Å²) in [4.78, 5) is 25.5. The van der Waals surface area contributed by atoms with Crippen molar-refractivity contribution in [3.63, 3.8) is 0 Å². The first-order valence-electron chi connectivity index (χ1n) is 5.23. The molecule has 0 radical (unpaired) electrons. The van der Waals surface area contributed by atoms with Crippen LogP contribution in [0.4, 0.5) is 15.8 Å². The van der Waals surface area contributed by atoms with Crippen molar-refractivity contribution in [2.24, 2.45) is 0 Å². The molecule has 1 amide bonds. The van der Waals surface area contributed by atoms with Crippen LogP contribution in [0.25, 0.3) is 0 Å². The van der Waals surface area contributed by atoms with Gasteiger partial charge in [-0.15, -0.1) is 0 Å². The van der Waals surface area contributed by atoms with Crippen molar-refractivity contribution in [1.82, 2.24) is 4.98 Å². The number of anilines is 1. The zero-order chi connectivity index (χ0) is 13.8. The van der Waals surface area contributed by atoms with E-state index in [1.807, 2.05) is 0 Å². The molecule has 2 aromatic rings. The van der Waals surface area contributed by atoms with Gasteiger partial charge in [0.15, 0.2) is 0 Å². The van der Waals surface area contributed by atoms with E-state index in [1.54, 1.807) is 12.1 Å². The van der Waals surface area contributed by atoms with Gasteiger partial charge in [-0.25, -0.2) is 4.39 Å². The van der Waals surface area contributed by atoms with Crippen LogP contribution in [0, 0.1) is 15.9 Å². The van der Waals surface area contributed by atoms with Gasteiger partial charge in [-0.2, -0.15) is 0 Å². The SMILES string of the molecule is O=C(Nc1cccnc1)c1cc([N+](=O)[O-])ccc1F. The molecule has 0 bridgehead atoms. The third-order valence-corrected chi connectivity index (χ3v) is 2.32. The van der Waals surface area contributed by atoms with Crippen LogP contribution < -0.4 is 5.32 Å². The highest BCUT2D eigenvalue weighted by Gasteiger charge is 2.16. The molecule has 2 rings (SSSR count). The van der Waals surface area contributed by atoms with Crippen molar-refractivity contribution in [2.75, 3.05) is 5.32 Å². The Balaban J connectivity index is 2.28. The zero-order valence-corrected chi connectivity index (χ0v) is 9.54. The predicted molar refractivity (Wildman–Crippen MR) is 65.2 cm³/mol. The average Bonchev–Trinajstić information content (AvgIpc) is 2.40. The lowest BCUT2D eigenvalue weighted by Gasteiger charge is -2.05. The monoisotopic (exact) mass is 261 g/mol. The molecule has 0 saturated heterocycles. The Labute approximate surface area is 107 Å². The van der Waals surface area contributed by atoms with E-state index in [1.165, 1.54) is 12.4 Å². The van der Waals surface area contributed by atoms with Gasteiger partial charge in [-0.05, 0) is 18.2 Å². The number of nitrogens with one attached hydrogen (secondary N) is 1. The molecule has 0 fully saturated rings. The van der Waals surface area contributed by atoms with E-state index in [-0.39, 0.29) is 5.69 Å². The molecule has 19 heavy (non-hydrogen) atoms. The van der Waals surface area contributed by atoms with Crippen molar-refractivity contribution in [2.45, 2.75) is 0 Å². The third kappa shape index (κ3) is 2.89. The summed E-state index contributed by atoms with van der Waals surface area (Å²) in [6, 6.07) is 5.94. The van der Waals surface area contributed by atoms with Crippen molar-refractivity contribution in [3.05, 3.63) is 64.2 Å². The Bertz CT molecular complexity index is 631. The number of carbonyl (C=O) groups is 1. The predicted octanol–water partition coefficient (Wildman–Crippen LogP) is 2.38. The molecular weight excluding hydrogens is 253 g/mol. The molecule has 1 heterocycles. The van der Waals surface area contributed by atoms with Crippen LogP contribution in [0.2, 0.25) is 0 Å². The molecule has 0 unspecified atom stereocenters. The van der Waals surface area contributed by atoms with Gasteiger partial charge in [0.25, 0.3) is 11.6 Å². The summed E-state index contributed by atoms with van der Waals surface area (Å²) in [7, 11) is 0. The summed E-state index contributed by atoms with van der Waals surface area (Å²) in [5.74, 6) is -1.60. The Morgan fingerprint density at radius 1 is 1.37 bits per heavy atom. The van der Waals surface area contributed by atoms with Gasteiger partial charge in [0, 0.05) is 18.3 Å². The number of halogens is 1. The van der Waals surface area contributed by atoms with Crippen molar-refractivity contribution in [3.8, 4) is 0 Å². The van der Waals surface area contributed by atoms with Gasteiger partial charge in [0.1, 0.15) is 5.82 Å². The number of nitrogens with zero attached hydrogens (tertiary/aromatic N) is 2. The second-order valence-electron chi connectivity index (χ2n) is 3.62. The van der Waals surface area contributed by atoms with Gasteiger partial charge in [-0.1, -0.05) is 0 Å². The molecule has 1 aromatic carbocycles. The molecule has 0 atom stereocenters. The first-order chi connectivity index (χ1) is 9.08. The molecule has 1 aromatic heterocycles. The highest BCUT2D eigenvalue weighted by Crippen LogP contribution is 2.18. The number of hydrogen-bond acceptors (Lipinski definition) is 4. The number of non-ortho nitro benzene ring substituents is 1. The molecule has 0 aliphatic rings. The minimum Gasteiger partial charge on any atom is -0.320 e. The Morgan fingerprint density at radius 2 is 2.16 bits per heavy atom. The maximum absolute atomic E-state index is 13.5. The lowest BCUT2D eigenvalue weighted by atomic mass is 10.1. The second-order valence-corrected chi connectivity index (χ2v) is 3.62. The molecule has 0 aliphatic heterocycles. The van der Waals surface area contributed by atoms with Crippen molar-refractivity contribution in [1.29, 1.82) is 0 Å². The van der Waals surface area contributed by atoms with Crippen molar-refractivity contribution >= 4 is 17.3 Å². The topological polar surface area (TPSA) is 85.1 Å². The van der Waals surface area contributed by atoms with Crippen LogP contribution in [0.15, 0.2) is 42.7 Å². The summed E-state index contributed by atoms with van der Waals surface area (Å²) in [6.45, 7) is 0. The number of aromatic nitrogens is 1. The van der Waals surface area contributed by atoms with Crippen LogP contribution in [0.5, 0.6) is 0 Å². The quantitative estimate of drug-likeness (QED) is 0.679. The smallest absolute Gasteiger partial charge is 0.270 e. The van der Waals surface area contributed by atoms with Crippen LogP contribution in [-0.2, 0) is 0 Å². The highest BCUT2D eigenvalue weighted by atomic mass is 19.1. The fourth-order valence-electron chi connectivity index (χ4n) is 1.44. The molecule has 0 saturated carbocycles. The number of amides is 1. The Hall–Kier alpha value is -2.83. The van der Waals surface area contributed by atoms with Crippen LogP contribution >= 0.6 is 0 Å². The normalized spacial score (nSPS) is 9.95. The van der Waals surface area contributed by atoms with E-state index in [0.29, 0.717) is 5.69 Å². The van der Waals surface area contributed by atoms with Gasteiger partial charge < -0.3 is 5.32 Å². The number of benzene rings is 1. The summed E-state index contributed by atoms with van der Waals surface area (Å²) >= 11 is 0. The van der Waals surface area contributed by atoms with Crippen LogP contribution in [0.1, 0.15) is 10.4 Å². The summed E-state index contributed by atoms with van der Waals surface area (Å²) in [6.07, 6.45) is 2.90. The number of nitro groups is 1. The first-order valence-corrected chi connectivity index (χ1v) is 5.23. The molecule has 0 aliphatic carbocycles. The molecule has 7 heteroatoms. The number of nitro benzene ring substituents is 1. The molecule has 1 N–H and O–H groups in total. The number of carbonyl (C=O) groups excluding carboxylic acids is 1. The van der Waals surface area contributed by atoms with E-state index in [0.717, 1.165) is 18.2 Å². The summed E-state index contributed by atoms with van der Waals surface area (Å²) in [5, 5.41) is 13.0. The van der Waals surface area contributed by atoms with Crippen LogP contribution in [-0.4, -0.2) is 15.8 Å². The number of hydrogen-bond donors (Lipinski definition) is 1. The highest BCUT2D eigenvalue weighted by molar-refractivity contribution is 6.04. The van der Waals surface area contributed by atoms with E-state index >= 15 is 0 Å². The average molecular weight is 261 g/mol. The number of rotatable bonds is 3. The van der Waals surface area contributed by atoms with E-state index < -0.39 is 22.2 Å². The maximum Gasteiger partial charge on any atom is 0.270 e. The van der Waals surface area contributed by atoms with Gasteiger partial charge >= 0.3 is 0 Å². The fourth-order valence-corrected chi connectivity index (χ4v) is 1.44. The summed E-state index contributed by atoms with van der Waals surface area (Å²) < 4.78 is 13.5. The first kappa shape index (κ1) is 12.6. The lowest BCUT2D eigenvalue weighted by Crippen LogP contribution is -2.14. The minimum absolute atomic E-state index is 0.349. The van der Waals surface area contributed by atoms with Gasteiger partial charge in [0.2, 0.25) is 0 Å². The van der Waals surface area contributed by atoms with Gasteiger partial charge in [-0.3, -0.25) is 19.9 Å². The minimum atomic E-state index is -0.827. The lowest BCUT2D eigenvalue weighted by molar-refractivity contribution is -0.384. The number of pyridine rings is 1. The Morgan fingerprint density at radius 3 is 2.79 bits per heavy atom. The molecular formula is C12H8FN3O3. The molecule has 0 spiro atoms. The molecule has 96 valence electrons. The van der Waals surface area contributed by atoms with Gasteiger partial charge in [0.05, 0.1) is 22.4 Å². The zero-order valence-electron chi connectivity index (χ0n) is 9.54. The van der Waals surface area contributed by atoms with E-state index in [9.17, 15) is 19.3 Å². The second kappa shape index (κ2) is 5.21. The maximum atomic E-state index is 13.5. The van der Waals surface area contributed by atoms with Crippen LogP contribution in [0.3, 0.4) is 0 Å². The standard InChI is InChI=1S/C12H8FN3O3/c13-11-4-3-9(16(18)19)6-10(11)12(17)15-8-2-1-5-14-7-8/h1-7H,(H,15,17). The molecule has 6 nitrogen and oxygen atoms in total. The van der Waals surface area contributed by atoms with E-state index in [4.69, 9.17) is 0 Å².